The molecule has 5 heteroatoms. The first-order valence-electron chi connectivity index (χ1n) is 11.0. The first-order chi connectivity index (χ1) is 13.0. The number of carbonyl (C=O) groups is 1. The number of anilines is 1. The summed E-state index contributed by atoms with van der Waals surface area (Å²) in [5.41, 5.74) is 1.55. The molecule has 1 heterocycles. The smallest absolute Gasteiger partial charge is 0.272 e. The second kappa shape index (κ2) is 7.76. The Hall–Kier alpha value is -1.65. The molecule has 0 atom stereocenters. The van der Waals surface area contributed by atoms with Crippen LogP contribution in [-0.4, -0.2) is 28.7 Å². The molecule has 0 spiro atoms. The predicted molar refractivity (Wildman–Crippen MR) is 108 cm³/mol. The maximum atomic E-state index is 12.9. The average molecular weight is 371 g/mol. The molecule has 0 aliphatic heterocycles. The minimum absolute atomic E-state index is 0.0398. The van der Waals surface area contributed by atoms with Gasteiger partial charge in [-0.25, -0.2) is 0 Å². The topological polar surface area (TPSA) is 66.9 Å². The van der Waals surface area contributed by atoms with Crippen LogP contribution in [0, 0.1) is 23.7 Å². The number of rotatable bonds is 7. The van der Waals surface area contributed by atoms with Gasteiger partial charge in [0, 0.05) is 18.2 Å². The molecule has 0 aromatic carbocycles. The van der Waals surface area contributed by atoms with Crippen LogP contribution in [0.25, 0.3) is 0 Å². The van der Waals surface area contributed by atoms with Crippen LogP contribution in [0.3, 0.4) is 0 Å². The van der Waals surface area contributed by atoms with Crippen molar-refractivity contribution in [3.8, 4) is 0 Å². The predicted octanol–water partition coefficient (Wildman–Crippen LogP) is 4.37. The lowest BCUT2D eigenvalue weighted by Gasteiger charge is -2.54. The molecular formula is C22H34N4O. The summed E-state index contributed by atoms with van der Waals surface area (Å²) in [5.74, 6) is 4.28. The van der Waals surface area contributed by atoms with Crippen molar-refractivity contribution in [2.75, 3.05) is 11.9 Å². The minimum atomic E-state index is -0.0398. The van der Waals surface area contributed by atoms with Crippen molar-refractivity contribution in [2.24, 2.45) is 23.7 Å². The summed E-state index contributed by atoms with van der Waals surface area (Å²) >= 11 is 0. The summed E-state index contributed by atoms with van der Waals surface area (Å²) in [5, 5.41) is 15.3. The molecule has 148 valence electrons. The van der Waals surface area contributed by atoms with Gasteiger partial charge in [-0.2, -0.15) is 0 Å². The van der Waals surface area contributed by atoms with Gasteiger partial charge in [0.1, 0.15) is 0 Å². The lowest BCUT2D eigenvalue weighted by molar-refractivity contribution is -0.0120. The van der Waals surface area contributed by atoms with Gasteiger partial charge in [0.15, 0.2) is 11.5 Å². The lowest BCUT2D eigenvalue weighted by Crippen LogP contribution is -2.55. The average Bonchev–Trinajstić information content (AvgIpc) is 2.64. The molecule has 4 fully saturated rings. The Morgan fingerprint density at radius 3 is 2.37 bits per heavy atom. The molecule has 2 N–H and O–H groups in total. The number of nitrogens with one attached hydrogen (secondary N) is 2. The quantitative estimate of drug-likeness (QED) is 0.700. The number of hydrogen-bond donors (Lipinski definition) is 2. The Kier molecular flexibility index (Phi) is 5.38. The molecule has 0 saturated heterocycles. The molecule has 4 saturated carbocycles. The molecule has 0 radical (unpaired) electrons. The second-order valence-electron chi connectivity index (χ2n) is 9.40. The fourth-order valence-electron chi connectivity index (χ4n) is 5.86. The van der Waals surface area contributed by atoms with Gasteiger partial charge < -0.3 is 10.6 Å². The third-order valence-corrected chi connectivity index (χ3v) is 7.03. The molecular weight excluding hydrogens is 336 g/mol. The van der Waals surface area contributed by atoms with Gasteiger partial charge in [-0.05, 0) is 74.2 Å². The summed E-state index contributed by atoms with van der Waals surface area (Å²) in [6.45, 7) is 7.35. The SMILES string of the molecule is CCCCNc1nnc(C(=O)NC2C3CC4CC(C3)CC2C4)cc1C(C)C. The fraction of sp³-hybridized carbons (Fsp3) is 0.773. The summed E-state index contributed by atoms with van der Waals surface area (Å²) in [7, 11) is 0. The van der Waals surface area contributed by atoms with Crippen molar-refractivity contribution in [3.05, 3.63) is 17.3 Å². The van der Waals surface area contributed by atoms with E-state index < -0.39 is 0 Å². The maximum Gasteiger partial charge on any atom is 0.272 e. The van der Waals surface area contributed by atoms with E-state index in [4.69, 9.17) is 0 Å². The van der Waals surface area contributed by atoms with E-state index in [9.17, 15) is 4.79 Å². The van der Waals surface area contributed by atoms with Crippen LogP contribution >= 0.6 is 0 Å². The van der Waals surface area contributed by atoms with Crippen molar-refractivity contribution in [1.29, 1.82) is 0 Å². The Balaban J connectivity index is 1.46. The van der Waals surface area contributed by atoms with Gasteiger partial charge >= 0.3 is 0 Å². The van der Waals surface area contributed by atoms with Crippen LogP contribution < -0.4 is 10.6 Å². The van der Waals surface area contributed by atoms with Crippen molar-refractivity contribution < 1.29 is 4.79 Å². The highest BCUT2D eigenvalue weighted by molar-refractivity contribution is 5.92. The molecule has 0 unspecified atom stereocenters. The van der Waals surface area contributed by atoms with E-state index in [1.165, 1.54) is 32.1 Å². The monoisotopic (exact) mass is 370 g/mol. The van der Waals surface area contributed by atoms with E-state index in [0.717, 1.165) is 42.6 Å². The normalized spacial score (nSPS) is 31.3. The molecule has 1 aromatic heterocycles. The molecule has 5 nitrogen and oxygen atoms in total. The van der Waals surface area contributed by atoms with Gasteiger partial charge in [0.2, 0.25) is 0 Å². The highest BCUT2D eigenvalue weighted by atomic mass is 16.2. The molecule has 27 heavy (non-hydrogen) atoms. The van der Waals surface area contributed by atoms with Crippen LogP contribution in [0.15, 0.2) is 6.07 Å². The lowest BCUT2D eigenvalue weighted by atomic mass is 9.54. The van der Waals surface area contributed by atoms with Crippen LogP contribution in [0.2, 0.25) is 0 Å². The van der Waals surface area contributed by atoms with Crippen molar-refractivity contribution >= 4 is 11.7 Å². The van der Waals surface area contributed by atoms with Crippen molar-refractivity contribution in [3.63, 3.8) is 0 Å². The van der Waals surface area contributed by atoms with E-state index in [2.05, 4.69) is 41.6 Å². The second-order valence-corrected chi connectivity index (χ2v) is 9.40. The highest BCUT2D eigenvalue weighted by Gasteiger charge is 2.48. The zero-order chi connectivity index (χ0) is 19.0. The molecule has 4 bridgehead atoms. The number of amides is 1. The summed E-state index contributed by atoms with van der Waals surface area (Å²) in [6.07, 6.45) is 8.91. The van der Waals surface area contributed by atoms with Crippen LogP contribution in [0.4, 0.5) is 5.82 Å². The first kappa shape index (κ1) is 18.7. The zero-order valence-corrected chi connectivity index (χ0v) is 17.0. The summed E-state index contributed by atoms with van der Waals surface area (Å²) < 4.78 is 0. The van der Waals surface area contributed by atoms with Crippen LogP contribution in [-0.2, 0) is 0 Å². The summed E-state index contributed by atoms with van der Waals surface area (Å²) in [4.78, 5) is 12.9. The van der Waals surface area contributed by atoms with E-state index in [1.807, 2.05) is 6.07 Å². The Bertz CT molecular complexity index is 659. The number of hydrogen-bond acceptors (Lipinski definition) is 4. The van der Waals surface area contributed by atoms with Gasteiger partial charge in [-0.15, -0.1) is 10.2 Å². The van der Waals surface area contributed by atoms with Gasteiger partial charge in [0.05, 0.1) is 0 Å². The van der Waals surface area contributed by atoms with Crippen LogP contribution in [0.5, 0.6) is 0 Å². The molecule has 4 aliphatic carbocycles. The minimum Gasteiger partial charge on any atom is -0.368 e. The first-order valence-corrected chi connectivity index (χ1v) is 11.0. The van der Waals surface area contributed by atoms with Gasteiger partial charge in [-0.1, -0.05) is 27.2 Å². The standard InChI is InChI=1S/C22H34N4O/c1-4-5-6-23-21-18(13(2)3)12-19(25-26-21)22(27)24-20-16-8-14-7-15(10-16)11-17(20)9-14/h12-17,20H,4-11H2,1-3H3,(H,23,26)(H,24,27). The maximum absolute atomic E-state index is 12.9. The Morgan fingerprint density at radius 2 is 1.78 bits per heavy atom. The third kappa shape index (κ3) is 3.83. The molecule has 4 aliphatic rings. The molecule has 1 aromatic rings. The Labute approximate surface area is 163 Å². The largest absolute Gasteiger partial charge is 0.368 e. The molecule has 5 rings (SSSR count). The van der Waals surface area contributed by atoms with Crippen molar-refractivity contribution in [1.82, 2.24) is 15.5 Å². The number of nitrogens with zero attached hydrogens (tertiary/aromatic N) is 2. The number of aromatic nitrogens is 2. The van der Waals surface area contributed by atoms with E-state index in [0.29, 0.717) is 29.5 Å². The third-order valence-electron chi connectivity index (χ3n) is 7.03. The van der Waals surface area contributed by atoms with E-state index in [1.54, 1.807) is 0 Å². The highest BCUT2D eigenvalue weighted by Crippen LogP contribution is 2.53. The number of carbonyl (C=O) groups excluding carboxylic acids is 1. The van der Waals surface area contributed by atoms with Gasteiger partial charge in [0.25, 0.3) is 5.91 Å². The Morgan fingerprint density at radius 1 is 1.11 bits per heavy atom. The van der Waals surface area contributed by atoms with Crippen LogP contribution in [0.1, 0.15) is 87.7 Å². The van der Waals surface area contributed by atoms with E-state index in [-0.39, 0.29) is 5.91 Å². The number of unbranched alkanes of at least 4 members (excludes halogenated alkanes) is 1. The van der Waals surface area contributed by atoms with Gasteiger partial charge in [-0.3, -0.25) is 4.79 Å². The zero-order valence-electron chi connectivity index (χ0n) is 17.0. The van der Waals surface area contributed by atoms with Crippen molar-refractivity contribution in [2.45, 2.75) is 77.7 Å². The summed E-state index contributed by atoms with van der Waals surface area (Å²) in [6, 6.07) is 2.29. The fourth-order valence-corrected chi connectivity index (χ4v) is 5.86. The van der Waals surface area contributed by atoms with E-state index >= 15 is 0 Å². The molecule has 1 amide bonds.